The number of rotatable bonds is 4. The lowest BCUT2D eigenvalue weighted by Gasteiger charge is -2.31. The standard InChI is InChI=1S/C11H16BrNO3S2/c1-16-8-9-3-2-6-13(7-9)18(14,15)11-5-4-10(12)17-11/h4-5,9H,2-3,6-8H2,1H3. The van der Waals surface area contributed by atoms with Gasteiger partial charge in [-0.05, 0) is 46.8 Å². The van der Waals surface area contributed by atoms with E-state index >= 15 is 0 Å². The highest BCUT2D eigenvalue weighted by Crippen LogP contribution is 2.30. The molecule has 2 heterocycles. The predicted molar refractivity (Wildman–Crippen MR) is 75.4 cm³/mol. The van der Waals surface area contributed by atoms with Crippen LogP contribution >= 0.6 is 27.3 Å². The molecular formula is C11H16BrNO3S2. The fourth-order valence-corrected chi connectivity index (χ4v) is 5.90. The summed E-state index contributed by atoms with van der Waals surface area (Å²) in [5.41, 5.74) is 0. The Bertz CT molecular complexity index is 498. The van der Waals surface area contributed by atoms with Gasteiger partial charge in [0.2, 0.25) is 0 Å². The number of piperidine rings is 1. The van der Waals surface area contributed by atoms with Crippen LogP contribution in [0.15, 0.2) is 20.1 Å². The Morgan fingerprint density at radius 2 is 2.33 bits per heavy atom. The van der Waals surface area contributed by atoms with Gasteiger partial charge < -0.3 is 4.74 Å². The maximum absolute atomic E-state index is 12.4. The van der Waals surface area contributed by atoms with E-state index in [1.54, 1.807) is 23.5 Å². The average Bonchev–Trinajstić information content (AvgIpc) is 2.77. The summed E-state index contributed by atoms with van der Waals surface area (Å²) in [5, 5.41) is 0. The molecule has 0 radical (unpaired) electrons. The molecule has 18 heavy (non-hydrogen) atoms. The Morgan fingerprint density at radius 1 is 1.56 bits per heavy atom. The summed E-state index contributed by atoms with van der Waals surface area (Å²) in [6, 6.07) is 3.43. The van der Waals surface area contributed by atoms with Crippen LogP contribution in [0.25, 0.3) is 0 Å². The summed E-state index contributed by atoms with van der Waals surface area (Å²) in [7, 11) is -1.67. The molecule has 1 aliphatic rings. The molecule has 1 aliphatic heterocycles. The molecule has 1 aromatic heterocycles. The van der Waals surface area contributed by atoms with E-state index in [-0.39, 0.29) is 0 Å². The van der Waals surface area contributed by atoms with Crippen molar-refractivity contribution in [1.29, 1.82) is 0 Å². The average molecular weight is 354 g/mol. The van der Waals surface area contributed by atoms with E-state index in [0.717, 1.165) is 16.6 Å². The molecule has 1 unspecified atom stereocenters. The van der Waals surface area contributed by atoms with Crippen LogP contribution in [-0.4, -0.2) is 39.5 Å². The van der Waals surface area contributed by atoms with Gasteiger partial charge in [-0.1, -0.05) is 0 Å². The Balaban J connectivity index is 2.15. The second kappa shape index (κ2) is 6.00. The molecule has 7 heteroatoms. The summed E-state index contributed by atoms with van der Waals surface area (Å²) in [4.78, 5) is 0. The van der Waals surface area contributed by atoms with E-state index in [2.05, 4.69) is 15.9 Å². The van der Waals surface area contributed by atoms with Crippen molar-refractivity contribution < 1.29 is 13.2 Å². The van der Waals surface area contributed by atoms with Crippen molar-refractivity contribution in [2.24, 2.45) is 5.92 Å². The molecular weight excluding hydrogens is 338 g/mol. The van der Waals surface area contributed by atoms with Gasteiger partial charge in [-0.2, -0.15) is 4.31 Å². The summed E-state index contributed by atoms with van der Waals surface area (Å²) in [6.07, 6.45) is 1.94. The van der Waals surface area contributed by atoms with E-state index in [4.69, 9.17) is 4.74 Å². The van der Waals surface area contributed by atoms with Gasteiger partial charge in [-0.15, -0.1) is 11.3 Å². The van der Waals surface area contributed by atoms with Crippen LogP contribution in [0.5, 0.6) is 0 Å². The molecule has 1 saturated heterocycles. The monoisotopic (exact) mass is 353 g/mol. The van der Waals surface area contributed by atoms with E-state index in [1.807, 2.05) is 0 Å². The zero-order valence-corrected chi connectivity index (χ0v) is 13.4. The second-order valence-corrected chi connectivity index (χ2v) is 9.01. The number of hydrogen-bond acceptors (Lipinski definition) is 4. The lowest BCUT2D eigenvalue weighted by Crippen LogP contribution is -2.40. The van der Waals surface area contributed by atoms with Gasteiger partial charge in [0.05, 0.1) is 10.4 Å². The maximum Gasteiger partial charge on any atom is 0.252 e. The minimum absolute atomic E-state index is 0.307. The Labute approximate surface area is 120 Å². The first kappa shape index (κ1) is 14.5. The summed E-state index contributed by atoms with van der Waals surface area (Å²) in [5.74, 6) is 0.307. The van der Waals surface area contributed by atoms with Crippen LogP contribution < -0.4 is 0 Å². The Kier molecular flexibility index (Phi) is 4.82. The lowest BCUT2D eigenvalue weighted by atomic mass is 10.0. The molecule has 0 spiro atoms. The van der Waals surface area contributed by atoms with Crippen molar-refractivity contribution in [2.75, 3.05) is 26.8 Å². The first-order valence-corrected chi connectivity index (χ1v) is 8.83. The molecule has 0 saturated carbocycles. The van der Waals surface area contributed by atoms with Gasteiger partial charge in [0.25, 0.3) is 10.0 Å². The van der Waals surface area contributed by atoms with Gasteiger partial charge in [0.15, 0.2) is 0 Å². The van der Waals surface area contributed by atoms with Gasteiger partial charge in [0, 0.05) is 20.2 Å². The third-order valence-electron chi connectivity index (χ3n) is 3.03. The van der Waals surface area contributed by atoms with Crippen LogP contribution in [-0.2, 0) is 14.8 Å². The smallest absolute Gasteiger partial charge is 0.252 e. The number of hydrogen-bond donors (Lipinski definition) is 0. The minimum atomic E-state index is -3.33. The quantitative estimate of drug-likeness (QED) is 0.835. The third-order valence-corrected chi connectivity index (χ3v) is 6.98. The molecule has 4 nitrogen and oxygen atoms in total. The molecule has 2 rings (SSSR count). The number of sulfonamides is 1. The number of halogens is 1. The maximum atomic E-state index is 12.4. The Hall–Kier alpha value is 0.0500. The summed E-state index contributed by atoms with van der Waals surface area (Å²) in [6.45, 7) is 1.80. The summed E-state index contributed by atoms with van der Waals surface area (Å²) >= 11 is 4.56. The van der Waals surface area contributed by atoms with Crippen LogP contribution in [0.3, 0.4) is 0 Å². The first-order valence-electron chi connectivity index (χ1n) is 5.78. The normalized spacial score (nSPS) is 22.2. The molecule has 0 bridgehead atoms. The zero-order chi connectivity index (χ0) is 13.2. The zero-order valence-electron chi connectivity index (χ0n) is 10.1. The van der Waals surface area contributed by atoms with E-state index in [1.165, 1.54) is 11.3 Å². The highest BCUT2D eigenvalue weighted by molar-refractivity contribution is 9.11. The predicted octanol–water partition coefficient (Wildman–Crippen LogP) is 2.56. The molecule has 1 fully saturated rings. The second-order valence-electron chi connectivity index (χ2n) is 4.39. The molecule has 0 amide bonds. The fourth-order valence-electron chi connectivity index (χ4n) is 2.18. The highest BCUT2D eigenvalue weighted by atomic mass is 79.9. The van der Waals surface area contributed by atoms with E-state index < -0.39 is 10.0 Å². The van der Waals surface area contributed by atoms with Crippen LogP contribution in [0.2, 0.25) is 0 Å². The van der Waals surface area contributed by atoms with Crippen LogP contribution in [0, 0.1) is 5.92 Å². The van der Waals surface area contributed by atoms with Crippen molar-refractivity contribution in [3.8, 4) is 0 Å². The number of methoxy groups -OCH3 is 1. The topological polar surface area (TPSA) is 46.6 Å². The number of ether oxygens (including phenoxy) is 1. The van der Waals surface area contributed by atoms with Crippen molar-refractivity contribution >= 4 is 37.3 Å². The first-order chi connectivity index (χ1) is 8.54. The van der Waals surface area contributed by atoms with Crippen molar-refractivity contribution in [2.45, 2.75) is 17.1 Å². The third kappa shape index (κ3) is 3.14. The largest absolute Gasteiger partial charge is 0.384 e. The van der Waals surface area contributed by atoms with Gasteiger partial charge in [0.1, 0.15) is 4.21 Å². The number of thiophene rings is 1. The van der Waals surface area contributed by atoms with Gasteiger partial charge in [-0.3, -0.25) is 0 Å². The van der Waals surface area contributed by atoms with Crippen molar-refractivity contribution in [1.82, 2.24) is 4.31 Å². The van der Waals surface area contributed by atoms with E-state index in [0.29, 0.717) is 29.8 Å². The molecule has 0 N–H and O–H groups in total. The minimum Gasteiger partial charge on any atom is -0.384 e. The molecule has 0 aliphatic carbocycles. The number of nitrogens with zero attached hydrogens (tertiary/aromatic N) is 1. The van der Waals surface area contributed by atoms with Crippen LogP contribution in [0.1, 0.15) is 12.8 Å². The molecule has 1 atom stereocenters. The summed E-state index contributed by atoms with van der Waals surface area (Å²) < 4.78 is 32.8. The Morgan fingerprint density at radius 3 is 2.94 bits per heavy atom. The molecule has 1 aromatic rings. The SMILES string of the molecule is COCC1CCCN(S(=O)(=O)c2ccc(Br)s2)C1. The van der Waals surface area contributed by atoms with Gasteiger partial charge in [-0.25, -0.2) is 8.42 Å². The highest BCUT2D eigenvalue weighted by Gasteiger charge is 2.31. The van der Waals surface area contributed by atoms with Crippen molar-refractivity contribution in [3.05, 3.63) is 15.9 Å². The van der Waals surface area contributed by atoms with E-state index in [9.17, 15) is 8.42 Å². The lowest BCUT2D eigenvalue weighted by molar-refractivity contribution is 0.118. The molecule has 102 valence electrons. The van der Waals surface area contributed by atoms with Crippen molar-refractivity contribution in [3.63, 3.8) is 0 Å². The van der Waals surface area contributed by atoms with Crippen LogP contribution in [0.4, 0.5) is 0 Å². The van der Waals surface area contributed by atoms with Gasteiger partial charge >= 0.3 is 0 Å². The fraction of sp³-hybridized carbons (Fsp3) is 0.636. The molecule has 0 aromatic carbocycles.